The maximum absolute atomic E-state index is 11.7. The molecule has 2 aromatic carbocycles. The number of carbonyl (C=O) groups excluding carboxylic acids is 2. The first-order chi connectivity index (χ1) is 10.5. The number of hydrogen-bond donors (Lipinski definition) is 0. The summed E-state index contributed by atoms with van der Waals surface area (Å²) >= 11 is 0. The Kier molecular flexibility index (Phi) is 4.94. The second-order valence-electron chi connectivity index (χ2n) is 4.87. The minimum absolute atomic E-state index is 0.317. The highest BCUT2D eigenvalue weighted by atomic mass is 16.5. The Morgan fingerprint density at radius 1 is 1.05 bits per heavy atom. The molecule has 0 spiro atoms. The average Bonchev–Trinajstić information content (AvgIpc) is 2.48. The molecule has 0 aliphatic rings. The van der Waals surface area contributed by atoms with Crippen LogP contribution in [0.1, 0.15) is 29.8 Å². The Bertz CT molecular complexity index is 687. The number of esters is 2. The number of carbonyl (C=O) groups is 2. The molecule has 22 heavy (non-hydrogen) atoms. The molecule has 0 aliphatic carbocycles. The summed E-state index contributed by atoms with van der Waals surface area (Å²) in [4.78, 5) is 22.6. The van der Waals surface area contributed by atoms with Gasteiger partial charge < -0.3 is 9.47 Å². The van der Waals surface area contributed by atoms with Gasteiger partial charge in [-0.15, -0.1) is 0 Å². The van der Waals surface area contributed by atoms with E-state index >= 15 is 0 Å². The second kappa shape index (κ2) is 6.89. The van der Waals surface area contributed by atoms with E-state index in [9.17, 15) is 9.59 Å². The fourth-order valence-electron chi connectivity index (χ4n) is 2.20. The topological polar surface area (TPSA) is 52.6 Å². The van der Waals surface area contributed by atoms with E-state index in [2.05, 4.69) is 0 Å². The summed E-state index contributed by atoms with van der Waals surface area (Å²) in [6.45, 7) is 5.45. The Labute approximate surface area is 129 Å². The summed E-state index contributed by atoms with van der Waals surface area (Å²) in [6, 6.07) is 12.7. The van der Waals surface area contributed by atoms with Crippen LogP contribution in [0.4, 0.5) is 0 Å². The smallest absolute Gasteiger partial charge is 0.338 e. The van der Waals surface area contributed by atoms with Crippen LogP contribution >= 0.6 is 0 Å². The molecule has 0 amide bonds. The molecule has 0 bridgehead atoms. The van der Waals surface area contributed by atoms with Gasteiger partial charge in [-0.3, -0.25) is 4.79 Å². The van der Waals surface area contributed by atoms with Crippen LogP contribution in [0.2, 0.25) is 0 Å². The zero-order valence-electron chi connectivity index (χ0n) is 12.9. The number of ether oxygens (including phenoxy) is 2. The predicted molar refractivity (Wildman–Crippen MR) is 83.9 cm³/mol. The van der Waals surface area contributed by atoms with Gasteiger partial charge in [0.15, 0.2) is 0 Å². The monoisotopic (exact) mass is 298 g/mol. The van der Waals surface area contributed by atoms with E-state index in [4.69, 9.17) is 9.47 Å². The Hall–Kier alpha value is -2.62. The van der Waals surface area contributed by atoms with Crippen LogP contribution in [0.3, 0.4) is 0 Å². The Morgan fingerprint density at radius 2 is 1.73 bits per heavy atom. The molecule has 0 saturated heterocycles. The van der Waals surface area contributed by atoms with Gasteiger partial charge in [0.2, 0.25) is 0 Å². The lowest BCUT2D eigenvalue weighted by Crippen LogP contribution is -2.05. The first kappa shape index (κ1) is 15.8. The summed E-state index contributed by atoms with van der Waals surface area (Å²) < 4.78 is 10.0. The molecule has 0 fully saturated rings. The van der Waals surface area contributed by atoms with Gasteiger partial charge in [0.1, 0.15) is 5.75 Å². The van der Waals surface area contributed by atoms with E-state index in [0.29, 0.717) is 17.9 Å². The van der Waals surface area contributed by atoms with Crippen LogP contribution in [0.5, 0.6) is 5.75 Å². The highest BCUT2D eigenvalue weighted by molar-refractivity contribution is 5.90. The van der Waals surface area contributed by atoms with Crippen LogP contribution in [-0.4, -0.2) is 18.5 Å². The fourth-order valence-corrected chi connectivity index (χ4v) is 2.20. The molecule has 4 heteroatoms. The third-order valence-electron chi connectivity index (χ3n) is 3.16. The Morgan fingerprint density at radius 3 is 2.27 bits per heavy atom. The molecule has 0 unspecified atom stereocenters. The van der Waals surface area contributed by atoms with Gasteiger partial charge in [-0.2, -0.15) is 0 Å². The van der Waals surface area contributed by atoms with E-state index in [0.717, 1.165) is 16.7 Å². The lowest BCUT2D eigenvalue weighted by molar-refractivity contribution is -0.131. The quantitative estimate of drug-likeness (QED) is 0.637. The van der Waals surface area contributed by atoms with Gasteiger partial charge in [0, 0.05) is 6.92 Å². The maximum Gasteiger partial charge on any atom is 0.338 e. The highest BCUT2D eigenvalue weighted by Crippen LogP contribution is 2.26. The van der Waals surface area contributed by atoms with Crippen LogP contribution in [-0.2, 0) is 9.53 Å². The maximum atomic E-state index is 11.7. The minimum atomic E-state index is -0.345. The van der Waals surface area contributed by atoms with Crippen LogP contribution < -0.4 is 4.74 Å². The summed E-state index contributed by atoms with van der Waals surface area (Å²) in [5, 5.41) is 0. The van der Waals surface area contributed by atoms with E-state index in [1.54, 1.807) is 25.1 Å². The third-order valence-corrected chi connectivity index (χ3v) is 3.16. The van der Waals surface area contributed by atoms with Crippen molar-refractivity contribution in [3.05, 3.63) is 53.6 Å². The zero-order chi connectivity index (χ0) is 16.1. The molecule has 0 aliphatic heterocycles. The molecule has 0 radical (unpaired) electrons. The van der Waals surface area contributed by atoms with E-state index in [1.165, 1.54) is 6.92 Å². The molecule has 0 saturated carbocycles. The largest absolute Gasteiger partial charge is 0.462 e. The normalized spacial score (nSPS) is 10.1. The summed E-state index contributed by atoms with van der Waals surface area (Å²) in [7, 11) is 0. The van der Waals surface area contributed by atoms with Crippen LogP contribution in [0.25, 0.3) is 11.1 Å². The van der Waals surface area contributed by atoms with E-state index < -0.39 is 0 Å². The van der Waals surface area contributed by atoms with E-state index in [1.807, 2.05) is 31.2 Å². The van der Waals surface area contributed by atoms with Gasteiger partial charge in [-0.05, 0) is 54.8 Å². The van der Waals surface area contributed by atoms with Gasteiger partial charge >= 0.3 is 11.9 Å². The van der Waals surface area contributed by atoms with E-state index in [-0.39, 0.29) is 11.9 Å². The highest BCUT2D eigenvalue weighted by Gasteiger charge is 2.09. The van der Waals surface area contributed by atoms with Crippen molar-refractivity contribution in [3.63, 3.8) is 0 Å². The minimum Gasteiger partial charge on any atom is -0.462 e. The molecule has 114 valence electrons. The van der Waals surface area contributed by atoms with Crippen molar-refractivity contribution >= 4 is 11.9 Å². The van der Waals surface area contributed by atoms with Crippen molar-refractivity contribution < 1.29 is 19.1 Å². The molecule has 4 nitrogen and oxygen atoms in total. The van der Waals surface area contributed by atoms with Crippen molar-refractivity contribution in [2.75, 3.05) is 6.61 Å². The van der Waals surface area contributed by atoms with Gasteiger partial charge in [-0.25, -0.2) is 4.79 Å². The van der Waals surface area contributed by atoms with Gasteiger partial charge in [0.25, 0.3) is 0 Å². The van der Waals surface area contributed by atoms with Crippen LogP contribution in [0.15, 0.2) is 42.5 Å². The SMILES string of the molecule is CCOC(=O)c1ccc(-c2ccc(OC(C)=O)cc2)c(C)c1. The van der Waals surface area contributed by atoms with Crippen molar-refractivity contribution in [1.82, 2.24) is 0 Å². The lowest BCUT2D eigenvalue weighted by atomic mass is 9.98. The number of benzene rings is 2. The molecule has 0 atom stereocenters. The Balaban J connectivity index is 2.25. The molecule has 0 heterocycles. The van der Waals surface area contributed by atoms with Crippen molar-refractivity contribution in [3.8, 4) is 16.9 Å². The third kappa shape index (κ3) is 3.73. The average molecular weight is 298 g/mol. The van der Waals surface area contributed by atoms with Crippen molar-refractivity contribution in [2.45, 2.75) is 20.8 Å². The fraction of sp³-hybridized carbons (Fsp3) is 0.222. The summed E-state index contributed by atoms with van der Waals surface area (Å²) in [5.74, 6) is -0.151. The van der Waals surface area contributed by atoms with Gasteiger partial charge in [0.05, 0.1) is 12.2 Å². The first-order valence-electron chi connectivity index (χ1n) is 7.08. The molecular weight excluding hydrogens is 280 g/mol. The molecule has 2 aromatic rings. The molecule has 0 N–H and O–H groups in total. The molecule has 2 rings (SSSR count). The predicted octanol–water partition coefficient (Wildman–Crippen LogP) is 3.76. The first-order valence-corrected chi connectivity index (χ1v) is 7.08. The van der Waals surface area contributed by atoms with Gasteiger partial charge in [-0.1, -0.05) is 18.2 Å². The number of rotatable bonds is 4. The second-order valence-corrected chi connectivity index (χ2v) is 4.87. The molecule has 0 aromatic heterocycles. The molecular formula is C18H18O4. The van der Waals surface area contributed by atoms with Crippen molar-refractivity contribution in [2.24, 2.45) is 0 Å². The lowest BCUT2D eigenvalue weighted by Gasteiger charge is -2.09. The number of aryl methyl sites for hydroxylation is 1. The zero-order valence-corrected chi connectivity index (χ0v) is 12.9. The summed E-state index contributed by atoms with van der Waals surface area (Å²) in [5.41, 5.74) is 3.52. The number of hydrogen-bond acceptors (Lipinski definition) is 4. The van der Waals surface area contributed by atoms with Crippen LogP contribution in [0, 0.1) is 6.92 Å². The standard InChI is InChI=1S/C18H18O4/c1-4-21-18(20)15-7-10-17(12(2)11-15)14-5-8-16(9-6-14)22-13(3)19/h5-11H,4H2,1-3H3. The van der Waals surface area contributed by atoms with Crippen molar-refractivity contribution in [1.29, 1.82) is 0 Å². The summed E-state index contributed by atoms with van der Waals surface area (Å²) in [6.07, 6.45) is 0.